The van der Waals surface area contributed by atoms with Gasteiger partial charge in [0.25, 0.3) is 0 Å². The van der Waals surface area contributed by atoms with Crippen molar-refractivity contribution in [3.63, 3.8) is 0 Å². The standard InChI is InChI=1S/C22H32N6O2/c1-14(2)10-17(12-29)25-22-26-20(19-21(27-22)28(13-24-19)15(3)4)23-11-16-6-8-18(30-5)9-7-16/h6-9,13-15,17,29H,10-12H2,1-5H3,(H2,23,25,26,27)/t17-/m0/s1. The topological polar surface area (TPSA) is 97.1 Å². The second kappa shape index (κ2) is 9.75. The quantitative estimate of drug-likeness (QED) is 0.465. The van der Waals surface area contributed by atoms with E-state index in [-0.39, 0.29) is 18.7 Å². The van der Waals surface area contributed by atoms with E-state index in [9.17, 15) is 5.11 Å². The number of rotatable bonds is 10. The first-order valence-corrected chi connectivity index (χ1v) is 10.4. The van der Waals surface area contributed by atoms with Crippen molar-refractivity contribution in [1.82, 2.24) is 19.5 Å². The molecule has 0 amide bonds. The van der Waals surface area contributed by atoms with Gasteiger partial charge in [-0.3, -0.25) is 0 Å². The molecule has 1 atom stereocenters. The number of nitrogens with zero attached hydrogens (tertiary/aromatic N) is 4. The molecule has 0 aliphatic heterocycles. The SMILES string of the molecule is COc1ccc(CNc2nc(N[C@H](CO)CC(C)C)nc3c2ncn3C(C)C)cc1. The summed E-state index contributed by atoms with van der Waals surface area (Å²) in [5, 5.41) is 16.4. The molecule has 8 heteroatoms. The number of ether oxygens (including phenoxy) is 1. The highest BCUT2D eigenvalue weighted by atomic mass is 16.5. The first-order valence-electron chi connectivity index (χ1n) is 10.4. The second-order valence-corrected chi connectivity index (χ2v) is 8.17. The van der Waals surface area contributed by atoms with E-state index in [1.165, 1.54) is 0 Å². The van der Waals surface area contributed by atoms with Gasteiger partial charge in [0.2, 0.25) is 5.95 Å². The van der Waals surface area contributed by atoms with Gasteiger partial charge in [-0.05, 0) is 43.9 Å². The average molecular weight is 413 g/mol. The fourth-order valence-corrected chi connectivity index (χ4v) is 3.34. The van der Waals surface area contributed by atoms with Crippen LogP contribution in [0.2, 0.25) is 0 Å². The lowest BCUT2D eigenvalue weighted by atomic mass is 10.0. The third kappa shape index (κ3) is 5.18. The summed E-state index contributed by atoms with van der Waals surface area (Å²) in [6, 6.07) is 8.01. The van der Waals surface area contributed by atoms with Gasteiger partial charge in [-0.1, -0.05) is 26.0 Å². The molecule has 0 bridgehead atoms. The molecular formula is C22H32N6O2. The highest BCUT2D eigenvalue weighted by Crippen LogP contribution is 2.25. The van der Waals surface area contributed by atoms with Crippen LogP contribution < -0.4 is 15.4 Å². The Bertz CT molecular complexity index is 952. The third-order valence-electron chi connectivity index (χ3n) is 4.91. The van der Waals surface area contributed by atoms with E-state index in [1.54, 1.807) is 13.4 Å². The number of imidazole rings is 1. The summed E-state index contributed by atoms with van der Waals surface area (Å²) in [5.41, 5.74) is 2.60. The molecule has 0 saturated carbocycles. The lowest BCUT2D eigenvalue weighted by molar-refractivity contribution is 0.259. The van der Waals surface area contributed by atoms with E-state index < -0.39 is 0 Å². The van der Waals surface area contributed by atoms with E-state index in [4.69, 9.17) is 9.72 Å². The number of hydrogen-bond acceptors (Lipinski definition) is 7. The zero-order valence-corrected chi connectivity index (χ0v) is 18.4. The predicted molar refractivity (Wildman–Crippen MR) is 120 cm³/mol. The molecule has 2 aromatic heterocycles. The van der Waals surface area contributed by atoms with Crippen LogP contribution in [0.3, 0.4) is 0 Å². The largest absolute Gasteiger partial charge is 0.497 e. The minimum atomic E-state index is -0.104. The minimum absolute atomic E-state index is 0.0254. The second-order valence-electron chi connectivity index (χ2n) is 8.17. The predicted octanol–water partition coefficient (Wildman–Crippen LogP) is 3.85. The number of aliphatic hydroxyl groups is 1. The van der Waals surface area contributed by atoms with Gasteiger partial charge in [0.15, 0.2) is 17.0 Å². The Morgan fingerprint density at radius 3 is 2.43 bits per heavy atom. The normalized spacial score (nSPS) is 12.5. The molecule has 0 radical (unpaired) electrons. The highest BCUT2D eigenvalue weighted by Gasteiger charge is 2.17. The molecule has 3 rings (SSSR count). The van der Waals surface area contributed by atoms with Gasteiger partial charge >= 0.3 is 0 Å². The van der Waals surface area contributed by atoms with Gasteiger partial charge < -0.3 is 25.0 Å². The number of hydrogen-bond donors (Lipinski definition) is 3. The maximum Gasteiger partial charge on any atom is 0.227 e. The Hall–Kier alpha value is -2.87. The van der Waals surface area contributed by atoms with Crippen LogP contribution in [-0.4, -0.2) is 44.4 Å². The molecule has 0 spiro atoms. The summed E-state index contributed by atoms with van der Waals surface area (Å²) in [5.74, 6) is 2.43. The van der Waals surface area contributed by atoms with Crippen molar-refractivity contribution >= 4 is 22.9 Å². The van der Waals surface area contributed by atoms with Crippen molar-refractivity contribution in [3.05, 3.63) is 36.2 Å². The number of anilines is 2. The van der Waals surface area contributed by atoms with Crippen LogP contribution in [0.4, 0.5) is 11.8 Å². The fourth-order valence-electron chi connectivity index (χ4n) is 3.34. The monoisotopic (exact) mass is 412 g/mol. The summed E-state index contributed by atoms with van der Waals surface area (Å²) in [7, 11) is 1.66. The minimum Gasteiger partial charge on any atom is -0.497 e. The summed E-state index contributed by atoms with van der Waals surface area (Å²) < 4.78 is 7.25. The Labute approximate surface area is 177 Å². The van der Waals surface area contributed by atoms with Crippen molar-refractivity contribution in [1.29, 1.82) is 0 Å². The van der Waals surface area contributed by atoms with Crippen molar-refractivity contribution in [3.8, 4) is 5.75 Å². The summed E-state index contributed by atoms with van der Waals surface area (Å²) >= 11 is 0. The maximum absolute atomic E-state index is 9.75. The molecule has 3 N–H and O–H groups in total. The smallest absolute Gasteiger partial charge is 0.227 e. The molecule has 0 saturated heterocycles. The average Bonchev–Trinajstić information content (AvgIpc) is 3.16. The molecule has 2 heterocycles. The van der Waals surface area contributed by atoms with E-state index in [0.29, 0.717) is 24.2 Å². The molecule has 30 heavy (non-hydrogen) atoms. The summed E-state index contributed by atoms with van der Waals surface area (Å²) in [4.78, 5) is 13.9. The fraction of sp³-hybridized carbons (Fsp3) is 0.500. The van der Waals surface area contributed by atoms with Gasteiger partial charge in [0, 0.05) is 12.6 Å². The van der Waals surface area contributed by atoms with Crippen LogP contribution in [-0.2, 0) is 6.54 Å². The Balaban J connectivity index is 1.90. The molecule has 162 valence electrons. The number of methoxy groups -OCH3 is 1. The number of fused-ring (bicyclic) bond motifs is 1. The lowest BCUT2D eigenvalue weighted by Crippen LogP contribution is -2.27. The van der Waals surface area contributed by atoms with Crippen LogP contribution in [0.5, 0.6) is 5.75 Å². The van der Waals surface area contributed by atoms with Crippen molar-refractivity contribution < 1.29 is 9.84 Å². The number of nitrogens with one attached hydrogen (secondary N) is 2. The summed E-state index contributed by atoms with van der Waals surface area (Å²) in [6.45, 7) is 9.07. The first kappa shape index (κ1) is 21.8. The third-order valence-corrected chi connectivity index (χ3v) is 4.91. The van der Waals surface area contributed by atoms with Crippen LogP contribution in [0.15, 0.2) is 30.6 Å². The summed E-state index contributed by atoms with van der Waals surface area (Å²) in [6.07, 6.45) is 2.62. The van der Waals surface area contributed by atoms with Crippen molar-refractivity contribution in [2.75, 3.05) is 24.4 Å². The Kier molecular flexibility index (Phi) is 7.10. The van der Waals surface area contributed by atoms with E-state index in [2.05, 4.69) is 48.3 Å². The van der Waals surface area contributed by atoms with Crippen LogP contribution in [0.25, 0.3) is 11.2 Å². The maximum atomic E-state index is 9.75. The Morgan fingerprint density at radius 2 is 1.83 bits per heavy atom. The molecule has 3 aromatic rings. The van der Waals surface area contributed by atoms with Crippen LogP contribution in [0, 0.1) is 5.92 Å². The van der Waals surface area contributed by atoms with Crippen molar-refractivity contribution in [2.45, 2.75) is 52.7 Å². The molecule has 1 aromatic carbocycles. The van der Waals surface area contributed by atoms with Gasteiger partial charge in [-0.15, -0.1) is 0 Å². The van der Waals surface area contributed by atoms with Gasteiger partial charge in [0.1, 0.15) is 5.75 Å². The van der Waals surface area contributed by atoms with E-state index in [0.717, 1.165) is 28.9 Å². The van der Waals surface area contributed by atoms with Crippen LogP contribution in [0.1, 0.15) is 45.7 Å². The zero-order chi connectivity index (χ0) is 21.7. The molecule has 0 fully saturated rings. The lowest BCUT2D eigenvalue weighted by Gasteiger charge is -2.19. The highest BCUT2D eigenvalue weighted by molar-refractivity contribution is 5.84. The molecular weight excluding hydrogens is 380 g/mol. The van der Waals surface area contributed by atoms with Crippen molar-refractivity contribution in [2.24, 2.45) is 5.92 Å². The molecule has 0 unspecified atom stereocenters. The molecule has 0 aliphatic rings. The number of aromatic nitrogens is 4. The zero-order valence-electron chi connectivity index (χ0n) is 18.4. The number of aliphatic hydroxyl groups excluding tert-OH is 1. The van der Waals surface area contributed by atoms with Gasteiger partial charge in [0.05, 0.1) is 26.1 Å². The van der Waals surface area contributed by atoms with E-state index in [1.807, 2.05) is 28.8 Å². The van der Waals surface area contributed by atoms with Gasteiger partial charge in [-0.2, -0.15) is 9.97 Å². The molecule has 0 aliphatic carbocycles. The number of benzene rings is 1. The van der Waals surface area contributed by atoms with E-state index >= 15 is 0 Å². The Morgan fingerprint density at radius 1 is 1.10 bits per heavy atom. The van der Waals surface area contributed by atoms with Crippen LogP contribution >= 0.6 is 0 Å². The molecule has 8 nitrogen and oxygen atoms in total. The first-order chi connectivity index (χ1) is 14.4. The van der Waals surface area contributed by atoms with Gasteiger partial charge in [-0.25, -0.2) is 4.98 Å².